The predicted octanol–water partition coefficient (Wildman–Crippen LogP) is 12.7. The van der Waals surface area contributed by atoms with Crippen molar-refractivity contribution in [1.82, 2.24) is 0 Å². The van der Waals surface area contributed by atoms with E-state index in [0.29, 0.717) is 13.2 Å². The summed E-state index contributed by atoms with van der Waals surface area (Å²) in [6.45, 7) is 5.36. The second-order valence-corrected chi connectivity index (χ2v) is 12.5. The average Bonchev–Trinajstić information content (AvgIpc) is 3.03. The number of rotatable bonds is 34. The van der Waals surface area contributed by atoms with Gasteiger partial charge in [0.1, 0.15) is 0 Å². The van der Waals surface area contributed by atoms with Crippen LogP contribution in [0.1, 0.15) is 194 Å². The van der Waals surface area contributed by atoms with Gasteiger partial charge in [0.25, 0.3) is 0 Å². The molecule has 0 aliphatic carbocycles. The van der Waals surface area contributed by atoms with Gasteiger partial charge in [0.15, 0.2) is 0 Å². The largest absolute Gasteiger partial charge is 0.463 e. The minimum absolute atomic E-state index is 0.412. The van der Waals surface area contributed by atoms with E-state index in [9.17, 15) is 9.59 Å². The van der Waals surface area contributed by atoms with Crippen molar-refractivity contribution >= 4 is 11.9 Å². The maximum absolute atomic E-state index is 11.8. The van der Waals surface area contributed by atoms with Crippen LogP contribution in [0.2, 0.25) is 0 Å². The van der Waals surface area contributed by atoms with Crippen LogP contribution in [-0.2, 0) is 19.1 Å². The third-order valence-electron chi connectivity index (χ3n) is 8.16. The van der Waals surface area contributed by atoms with Gasteiger partial charge in [-0.1, -0.05) is 154 Å². The van der Waals surface area contributed by atoms with Crippen molar-refractivity contribution in [3.63, 3.8) is 0 Å². The third kappa shape index (κ3) is 36.4. The Hall–Kier alpha value is -1.84. The molecule has 0 aliphatic rings. The quantitative estimate of drug-likeness (QED) is 0.0312. The zero-order chi connectivity index (χ0) is 32.0. The summed E-state index contributed by atoms with van der Waals surface area (Å²) in [5, 5.41) is 0. The molecular weight excluding hydrogens is 544 g/mol. The Kier molecular flexibility index (Phi) is 35.8. The van der Waals surface area contributed by atoms with Crippen LogP contribution in [0.25, 0.3) is 0 Å². The number of hydrogen-bond donors (Lipinski definition) is 0. The topological polar surface area (TPSA) is 52.6 Å². The van der Waals surface area contributed by atoms with Gasteiger partial charge in [-0.05, 0) is 64.2 Å². The van der Waals surface area contributed by atoms with E-state index in [0.717, 1.165) is 25.7 Å². The van der Waals surface area contributed by atoms with Crippen LogP contribution in [0.15, 0.2) is 36.5 Å². The van der Waals surface area contributed by atoms with Gasteiger partial charge in [0.05, 0.1) is 13.2 Å². The van der Waals surface area contributed by atoms with Gasteiger partial charge in [-0.15, -0.1) is 0 Å². The smallest absolute Gasteiger partial charge is 0.331 e. The normalized spacial score (nSPS) is 11.8. The first kappa shape index (κ1) is 42.2. The Morgan fingerprint density at radius 3 is 0.909 bits per heavy atom. The molecule has 0 N–H and O–H groups in total. The fraction of sp³-hybridized carbons (Fsp3) is 0.800. The lowest BCUT2D eigenvalue weighted by Crippen LogP contribution is -2.06. The summed E-state index contributed by atoms with van der Waals surface area (Å²) in [4.78, 5) is 23.6. The Morgan fingerprint density at radius 1 is 0.364 bits per heavy atom. The summed E-state index contributed by atoms with van der Waals surface area (Å²) in [6, 6.07) is 0. The minimum Gasteiger partial charge on any atom is -0.463 e. The lowest BCUT2D eigenvalue weighted by Gasteiger charge is -2.03. The van der Waals surface area contributed by atoms with Crippen molar-refractivity contribution in [3.05, 3.63) is 36.5 Å². The fourth-order valence-corrected chi connectivity index (χ4v) is 5.28. The van der Waals surface area contributed by atoms with Gasteiger partial charge in [-0.3, -0.25) is 0 Å². The molecule has 0 saturated heterocycles. The molecule has 4 nitrogen and oxygen atoms in total. The lowest BCUT2D eigenvalue weighted by molar-refractivity contribution is -0.140. The van der Waals surface area contributed by atoms with Gasteiger partial charge in [-0.25, -0.2) is 9.59 Å². The molecule has 0 aromatic carbocycles. The second kappa shape index (κ2) is 37.3. The summed E-state index contributed by atoms with van der Waals surface area (Å²) in [5.41, 5.74) is 0. The Balaban J connectivity index is 3.40. The van der Waals surface area contributed by atoms with Crippen LogP contribution in [0, 0.1) is 0 Å². The fourth-order valence-electron chi connectivity index (χ4n) is 5.28. The number of esters is 2. The summed E-state index contributed by atoms with van der Waals surface area (Å²) < 4.78 is 10.4. The van der Waals surface area contributed by atoms with E-state index in [1.54, 1.807) is 0 Å². The third-order valence-corrected chi connectivity index (χ3v) is 8.16. The van der Waals surface area contributed by atoms with Crippen LogP contribution in [0.5, 0.6) is 0 Å². The number of allylic oxidation sites excluding steroid dienone is 4. The molecule has 0 unspecified atom stereocenters. The molecule has 0 spiro atoms. The molecular formula is C40H72O4. The molecule has 0 bridgehead atoms. The van der Waals surface area contributed by atoms with Gasteiger partial charge in [0, 0.05) is 12.2 Å². The first-order chi connectivity index (χ1) is 21.7. The van der Waals surface area contributed by atoms with E-state index < -0.39 is 11.9 Å². The summed E-state index contributed by atoms with van der Waals surface area (Å²) in [7, 11) is 0. The Bertz CT molecular complexity index is 635. The number of unbranched alkanes of at least 4 members (excludes halogenated alkanes) is 24. The lowest BCUT2D eigenvalue weighted by atomic mass is 10.1. The highest BCUT2D eigenvalue weighted by molar-refractivity contribution is 5.91. The summed E-state index contributed by atoms with van der Waals surface area (Å²) in [6.07, 6.45) is 46.9. The molecule has 4 heteroatoms. The van der Waals surface area contributed by atoms with Gasteiger partial charge in [-0.2, -0.15) is 0 Å². The molecule has 0 aromatic heterocycles. The maximum atomic E-state index is 11.8. The zero-order valence-electron chi connectivity index (χ0n) is 29.3. The highest BCUT2D eigenvalue weighted by atomic mass is 16.5. The average molecular weight is 617 g/mol. The molecule has 0 atom stereocenters. The zero-order valence-corrected chi connectivity index (χ0v) is 29.3. The molecule has 0 saturated carbocycles. The number of carbonyl (C=O) groups is 2. The van der Waals surface area contributed by atoms with E-state index in [1.165, 1.54) is 166 Å². The van der Waals surface area contributed by atoms with Crippen molar-refractivity contribution < 1.29 is 19.1 Å². The van der Waals surface area contributed by atoms with Crippen LogP contribution in [0.4, 0.5) is 0 Å². The first-order valence-electron chi connectivity index (χ1n) is 19.0. The summed E-state index contributed by atoms with van der Waals surface area (Å²) >= 11 is 0. The molecule has 0 amide bonds. The first-order valence-corrected chi connectivity index (χ1v) is 19.0. The molecule has 0 radical (unpaired) electrons. The van der Waals surface area contributed by atoms with Gasteiger partial charge in [0.2, 0.25) is 0 Å². The molecule has 0 heterocycles. The number of hydrogen-bond acceptors (Lipinski definition) is 4. The maximum Gasteiger partial charge on any atom is 0.331 e. The highest BCUT2D eigenvalue weighted by Crippen LogP contribution is 2.11. The standard InChI is InChI=1S/C40H72O4/c1-3-5-7-9-11-13-15-17-19-21-23-25-27-29-31-33-37-43-39(41)35-36-40(42)44-38-34-32-30-28-26-24-22-20-18-16-14-12-10-8-6-4-2/h17-20,35-36H,3-16,21-34,37-38H2,1-2H3/b19-17-,20-18-,36-35+. The Labute approximate surface area is 273 Å². The molecule has 44 heavy (non-hydrogen) atoms. The van der Waals surface area contributed by atoms with Crippen molar-refractivity contribution in [2.24, 2.45) is 0 Å². The SMILES string of the molecule is CCCCCCCC/C=C\CCCCCCCCOC(=O)/C=C/C(=O)OCCCCCCCC/C=C\CCCCCCCC. The molecule has 0 rings (SSSR count). The van der Waals surface area contributed by atoms with Crippen molar-refractivity contribution in [3.8, 4) is 0 Å². The number of carbonyl (C=O) groups excluding carboxylic acids is 2. The van der Waals surface area contributed by atoms with Crippen molar-refractivity contribution in [1.29, 1.82) is 0 Å². The van der Waals surface area contributed by atoms with Crippen LogP contribution < -0.4 is 0 Å². The monoisotopic (exact) mass is 617 g/mol. The van der Waals surface area contributed by atoms with Crippen molar-refractivity contribution in [2.45, 2.75) is 194 Å². The minimum atomic E-state index is -0.466. The molecule has 0 aromatic rings. The van der Waals surface area contributed by atoms with Gasteiger partial charge >= 0.3 is 11.9 Å². The van der Waals surface area contributed by atoms with E-state index in [2.05, 4.69) is 38.2 Å². The molecule has 0 fully saturated rings. The van der Waals surface area contributed by atoms with E-state index in [4.69, 9.17) is 9.47 Å². The molecule has 0 aliphatic heterocycles. The summed E-state index contributed by atoms with van der Waals surface area (Å²) in [5.74, 6) is -0.932. The second-order valence-electron chi connectivity index (χ2n) is 12.5. The van der Waals surface area contributed by atoms with Crippen LogP contribution in [-0.4, -0.2) is 25.2 Å². The molecule has 256 valence electrons. The van der Waals surface area contributed by atoms with Gasteiger partial charge < -0.3 is 9.47 Å². The van der Waals surface area contributed by atoms with Crippen LogP contribution >= 0.6 is 0 Å². The number of ether oxygens (including phenoxy) is 2. The predicted molar refractivity (Wildman–Crippen MR) is 190 cm³/mol. The Morgan fingerprint density at radius 2 is 0.614 bits per heavy atom. The van der Waals surface area contributed by atoms with Crippen molar-refractivity contribution in [2.75, 3.05) is 13.2 Å². The van der Waals surface area contributed by atoms with E-state index >= 15 is 0 Å². The van der Waals surface area contributed by atoms with E-state index in [-0.39, 0.29) is 0 Å². The van der Waals surface area contributed by atoms with E-state index in [1.807, 2.05) is 0 Å². The highest BCUT2D eigenvalue weighted by Gasteiger charge is 2.02. The van der Waals surface area contributed by atoms with Crippen LogP contribution in [0.3, 0.4) is 0 Å².